The number of carbonyl (C=O) groups is 1. The third-order valence-electron chi connectivity index (χ3n) is 3.35. The molecule has 4 heteroatoms. The van der Waals surface area contributed by atoms with Crippen LogP contribution >= 0.6 is 15.9 Å². The van der Waals surface area contributed by atoms with Crippen LogP contribution in [0.5, 0.6) is 0 Å². The van der Waals surface area contributed by atoms with E-state index in [2.05, 4.69) is 27.8 Å². The maximum absolute atomic E-state index is 11.3. The highest BCUT2D eigenvalue weighted by Gasteiger charge is 2.18. The summed E-state index contributed by atoms with van der Waals surface area (Å²) in [7, 11) is 0. The third kappa shape index (κ3) is 4.42. The smallest absolute Gasteiger partial charge is 0.219 e. The van der Waals surface area contributed by atoms with Crippen LogP contribution in [-0.2, 0) is 4.79 Å². The van der Waals surface area contributed by atoms with Gasteiger partial charge in [0.2, 0.25) is 5.91 Å². The van der Waals surface area contributed by atoms with Crippen molar-refractivity contribution in [3.05, 3.63) is 0 Å². The summed E-state index contributed by atoms with van der Waals surface area (Å²) in [6, 6.07) is 0. The second kappa shape index (κ2) is 7.28. The second-order valence-corrected chi connectivity index (χ2v) is 5.24. The molecule has 0 N–H and O–H groups in total. The molecule has 94 valence electrons. The van der Waals surface area contributed by atoms with Crippen molar-refractivity contribution >= 4 is 21.8 Å². The molecule has 1 fully saturated rings. The van der Waals surface area contributed by atoms with E-state index in [9.17, 15) is 4.79 Å². The quantitative estimate of drug-likeness (QED) is 0.739. The zero-order valence-corrected chi connectivity index (χ0v) is 12.0. The minimum Gasteiger partial charge on any atom is -0.342 e. The van der Waals surface area contributed by atoms with Crippen LogP contribution in [0.4, 0.5) is 0 Å². The first kappa shape index (κ1) is 14.0. The van der Waals surface area contributed by atoms with E-state index in [-0.39, 0.29) is 5.91 Å². The number of hydrogen-bond acceptors (Lipinski definition) is 2. The molecule has 1 amide bonds. The van der Waals surface area contributed by atoms with Crippen LogP contribution in [-0.4, -0.2) is 53.8 Å². The molecule has 0 aliphatic carbocycles. The van der Waals surface area contributed by atoms with Gasteiger partial charge in [-0.1, -0.05) is 29.3 Å². The van der Waals surface area contributed by atoms with Crippen LogP contribution in [0.15, 0.2) is 0 Å². The van der Waals surface area contributed by atoms with Gasteiger partial charge in [-0.3, -0.25) is 4.79 Å². The number of amides is 1. The van der Waals surface area contributed by atoms with Gasteiger partial charge in [-0.2, -0.15) is 0 Å². The minimum absolute atomic E-state index is 0.217. The highest BCUT2D eigenvalue weighted by molar-refractivity contribution is 9.09. The number of alkyl halides is 1. The van der Waals surface area contributed by atoms with Gasteiger partial charge in [-0.15, -0.1) is 0 Å². The molecular weight excluding hydrogens is 268 g/mol. The Balaban J connectivity index is 2.38. The molecule has 1 atom stereocenters. The van der Waals surface area contributed by atoms with E-state index in [0.29, 0.717) is 0 Å². The lowest BCUT2D eigenvalue weighted by molar-refractivity contribution is -0.128. The van der Waals surface area contributed by atoms with Crippen LogP contribution in [0, 0.1) is 5.92 Å². The van der Waals surface area contributed by atoms with Crippen molar-refractivity contribution in [2.75, 3.05) is 38.1 Å². The van der Waals surface area contributed by atoms with E-state index in [1.807, 2.05) is 4.90 Å². The Morgan fingerprint density at radius 2 is 2.06 bits per heavy atom. The lowest BCUT2D eigenvalue weighted by Gasteiger charge is -2.24. The molecule has 0 aromatic carbocycles. The highest BCUT2D eigenvalue weighted by Crippen LogP contribution is 2.11. The summed E-state index contributed by atoms with van der Waals surface area (Å²) in [5, 5.41) is 1.08. The van der Waals surface area contributed by atoms with Gasteiger partial charge in [0.05, 0.1) is 0 Å². The summed E-state index contributed by atoms with van der Waals surface area (Å²) in [6.45, 7) is 9.06. The monoisotopic (exact) mass is 290 g/mol. The lowest BCUT2D eigenvalue weighted by Crippen LogP contribution is -2.35. The summed E-state index contributed by atoms with van der Waals surface area (Å²) >= 11 is 3.57. The van der Waals surface area contributed by atoms with Crippen molar-refractivity contribution in [2.24, 2.45) is 5.92 Å². The minimum atomic E-state index is 0.217. The molecule has 0 radical (unpaired) electrons. The molecule has 0 saturated carbocycles. The largest absolute Gasteiger partial charge is 0.342 e. The Labute approximate surface area is 107 Å². The number of halogens is 1. The predicted octanol–water partition coefficient (Wildman–Crippen LogP) is 1.96. The predicted molar refractivity (Wildman–Crippen MR) is 70.9 cm³/mol. The molecule has 1 aliphatic heterocycles. The van der Waals surface area contributed by atoms with Gasteiger partial charge in [0.1, 0.15) is 0 Å². The van der Waals surface area contributed by atoms with Crippen molar-refractivity contribution in [1.82, 2.24) is 9.80 Å². The fraction of sp³-hybridized carbons (Fsp3) is 0.917. The molecule has 16 heavy (non-hydrogen) atoms. The summed E-state index contributed by atoms with van der Waals surface area (Å²) < 4.78 is 0. The molecular formula is C12H23BrN2O. The van der Waals surface area contributed by atoms with E-state index in [1.165, 1.54) is 6.42 Å². The average molecular weight is 291 g/mol. The normalized spacial score (nSPS) is 20.6. The molecule has 1 aliphatic rings. The molecule has 0 aromatic rings. The van der Waals surface area contributed by atoms with Gasteiger partial charge in [0, 0.05) is 38.4 Å². The van der Waals surface area contributed by atoms with Crippen molar-refractivity contribution in [1.29, 1.82) is 0 Å². The lowest BCUT2D eigenvalue weighted by atomic mass is 10.1. The number of nitrogens with zero attached hydrogens (tertiary/aromatic N) is 2. The molecule has 1 saturated heterocycles. The van der Waals surface area contributed by atoms with Crippen molar-refractivity contribution in [3.8, 4) is 0 Å². The highest BCUT2D eigenvalue weighted by atomic mass is 79.9. The van der Waals surface area contributed by atoms with Crippen LogP contribution < -0.4 is 0 Å². The SMILES string of the molecule is CCC(CBr)CN1CCCN(C(C)=O)CC1. The summed E-state index contributed by atoms with van der Waals surface area (Å²) in [4.78, 5) is 15.8. The second-order valence-electron chi connectivity index (χ2n) is 4.59. The molecule has 1 heterocycles. The van der Waals surface area contributed by atoms with E-state index in [1.54, 1.807) is 6.92 Å². The van der Waals surface area contributed by atoms with Gasteiger partial charge in [0.15, 0.2) is 0 Å². The summed E-state index contributed by atoms with van der Waals surface area (Å²) in [6.07, 6.45) is 2.33. The number of hydrogen-bond donors (Lipinski definition) is 0. The Morgan fingerprint density at radius 1 is 1.31 bits per heavy atom. The van der Waals surface area contributed by atoms with Crippen LogP contribution in [0.3, 0.4) is 0 Å². The van der Waals surface area contributed by atoms with Gasteiger partial charge in [-0.05, 0) is 18.9 Å². The average Bonchev–Trinajstić information content (AvgIpc) is 2.51. The summed E-state index contributed by atoms with van der Waals surface area (Å²) in [5.74, 6) is 0.957. The molecule has 1 unspecified atom stereocenters. The van der Waals surface area contributed by atoms with Crippen LogP contribution in [0.1, 0.15) is 26.7 Å². The van der Waals surface area contributed by atoms with Gasteiger partial charge in [-0.25, -0.2) is 0 Å². The standard InChI is InChI=1S/C12H23BrN2O/c1-3-12(9-13)10-14-5-4-6-15(8-7-14)11(2)16/h12H,3-10H2,1-2H3. The molecule has 0 bridgehead atoms. The Hall–Kier alpha value is -0.0900. The van der Waals surface area contributed by atoms with Gasteiger partial charge >= 0.3 is 0 Å². The van der Waals surface area contributed by atoms with E-state index >= 15 is 0 Å². The van der Waals surface area contributed by atoms with E-state index in [4.69, 9.17) is 0 Å². The third-order valence-corrected chi connectivity index (χ3v) is 4.26. The first-order valence-corrected chi connectivity index (χ1v) is 7.33. The van der Waals surface area contributed by atoms with Crippen LogP contribution in [0.2, 0.25) is 0 Å². The molecule has 0 aromatic heterocycles. The van der Waals surface area contributed by atoms with Crippen molar-refractivity contribution in [2.45, 2.75) is 26.7 Å². The fourth-order valence-electron chi connectivity index (χ4n) is 2.12. The summed E-state index contributed by atoms with van der Waals surface area (Å²) in [5.41, 5.74) is 0. The number of rotatable bonds is 4. The maximum Gasteiger partial charge on any atom is 0.219 e. The Morgan fingerprint density at radius 3 is 2.62 bits per heavy atom. The maximum atomic E-state index is 11.3. The van der Waals surface area contributed by atoms with E-state index in [0.717, 1.165) is 50.4 Å². The van der Waals surface area contributed by atoms with Crippen LogP contribution in [0.25, 0.3) is 0 Å². The first-order valence-electron chi connectivity index (χ1n) is 6.21. The molecule has 0 spiro atoms. The zero-order chi connectivity index (χ0) is 12.0. The zero-order valence-electron chi connectivity index (χ0n) is 10.4. The van der Waals surface area contributed by atoms with Crippen molar-refractivity contribution in [3.63, 3.8) is 0 Å². The molecule has 3 nitrogen and oxygen atoms in total. The molecule has 1 rings (SSSR count). The topological polar surface area (TPSA) is 23.6 Å². The Kier molecular flexibility index (Phi) is 6.36. The number of carbonyl (C=O) groups excluding carboxylic acids is 1. The van der Waals surface area contributed by atoms with E-state index < -0.39 is 0 Å². The Bertz CT molecular complexity index is 219. The fourth-order valence-corrected chi connectivity index (χ4v) is 2.78. The first-order chi connectivity index (χ1) is 7.67. The van der Waals surface area contributed by atoms with Crippen molar-refractivity contribution < 1.29 is 4.79 Å². The van der Waals surface area contributed by atoms with Gasteiger partial charge in [0.25, 0.3) is 0 Å². The van der Waals surface area contributed by atoms with Gasteiger partial charge < -0.3 is 9.80 Å².